The number of aliphatic carboxylic acids is 1. The fourth-order valence-electron chi connectivity index (χ4n) is 0.885. The van der Waals surface area contributed by atoms with Gasteiger partial charge in [-0.15, -0.1) is 0 Å². The van der Waals surface area contributed by atoms with Crippen molar-refractivity contribution in [2.75, 3.05) is 0 Å². The van der Waals surface area contributed by atoms with Crippen molar-refractivity contribution in [3.8, 4) is 0 Å². The van der Waals surface area contributed by atoms with Crippen molar-refractivity contribution in [1.29, 1.82) is 0 Å². The van der Waals surface area contributed by atoms with Gasteiger partial charge in [0.15, 0.2) is 0 Å². The lowest BCUT2D eigenvalue weighted by Crippen LogP contribution is -2.56. The Balaban J connectivity index is 4.58. The SMILES string of the molecule is CCC(C)(N)C(=O)N[C@@H](CC(N)=O)C(=O)O. The van der Waals surface area contributed by atoms with Gasteiger partial charge < -0.3 is 21.9 Å². The molecule has 0 aromatic rings. The molecule has 0 bridgehead atoms. The van der Waals surface area contributed by atoms with Crippen molar-refractivity contribution in [2.24, 2.45) is 11.5 Å². The fourth-order valence-corrected chi connectivity index (χ4v) is 0.885. The molecule has 0 heterocycles. The minimum atomic E-state index is -1.33. The Hall–Kier alpha value is -1.63. The van der Waals surface area contributed by atoms with Gasteiger partial charge in [0, 0.05) is 0 Å². The summed E-state index contributed by atoms with van der Waals surface area (Å²) in [6.45, 7) is 3.18. The van der Waals surface area contributed by atoms with E-state index in [1.807, 2.05) is 0 Å². The van der Waals surface area contributed by atoms with Gasteiger partial charge in [-0.2, -0.15) is 0 Å². The number of carboxylic acid groups (broad SMARTS) is 1. The molecule has 0 aliphatic heterocycles. The van der Waals surface area contributed by atoms with Crippen LogP contribution in [0.5, 0.6) is 0 Å². The number of primary amides is 1. The fraction of sp³-hybridized carbons (Fsp3) is 0.667. The summed E-state index contributed by atoms with van der Waals surface area (Å²) >= 11 is 0. The van der Waals surface area contributed by atoms with Gasteiger partial charge in [-0.3, -0.25) is 9.59 Å². The topological polar surface area (TPSA) is 136 Å². The van der Waals surface area contributed by atoms with E-state index in [-0.39, 0.29) is 0 Å². The second-order valence-electron chi connectivity index (χ2n) is 3.81. The molecule has 0 fully saturated rings. The Morgan fingerprint density at radius 3 is 2.25 bits per heavy atom. The molecule has 0 spiro atoms. The van der Waals surface area contributed by atoms with E-state index >= 15 is 0 Å². The van der Waals surface area contributed by atoms with Crippen LogP contribution in [-0.4, -0.2) is 34.5 Å². The molecule has 6 N–H and O–H groups in total. The smallest absolute Gasteiger partial charge is 0.326 e. The maximum absolute atomic E-state index is 11.5. The highest BCUT2D eigenvalue weighted by atomic mass is 16.4. The maximum Gasteiger partial charge on any atom is 0.326 e. The highest BCUT2D eigenvalue weighted by molar-refractivity contribution is 5.91. The van der Waals surface area contributed by atoms with Crippen LogP contribution in [-0.2, 0) is 14.4 Å². The number of carboxylic acids is 1. The van der Waals surface area contributed by atoms with Crippen LogP contribution < -0.4 is 16.8 Å². The molecule has 7 heteroatoms. The molecular weight excluding hydrogens is 214 g/mol. The molecule has 2 amide bonds. The zero-order chi connectivity index (χ0) is 12.9. The summed E-state index contributed by atoms with van der Waals surface area (Å²) < 4.78 is 0. The minimum absolute atomic E-state index is 0.349. The Labute approximate surface area is 93.2 Å². The van der Waals surface area contributed by atoms with Gasteiger partial charge >= 0.3 is 5.97 Å². The third-order valence-electron chi connectivity index (χ3n) is 2.26. The lowest BCUT2D eigenvalue weighted by Gasteiger charge is -2.23. The van der Waals surface area contributed by atoms with E-state index in [1.54, 1.807) is 6.92 Å². The predicted molar refractivity (Wildman–Crippen MR) is 56.3 cm³/mol. The number of hydrogen-bond donors (Lipinski definition) is 4. The van der Waals surface area contributed by atoms with Crippen molar-refractivity contribution in [1.82, 2.24) is 5.32 Å². The first kappa shape index (κ1) is 14.4. The molecule has 0 aliphatic carbocycles. The van der Waals surface area contributed by atoms with Crippen molar-refractivity contribution >= 4 is 17.8 Å². The second kappa shape index (κ2) is 5.45. The van der Waals surface area contributed by atoms with Gasteiger partial charge in [0.1, 0.15) is 6.04 Å². The molecule has 7 nitrogen and oxygen atoms in total. The number of rotatable bonds is 6. The van der Waals surface area contributed by atoms with E-state index in [0.29, 0.717) is 6.42 Å². The third kappa shape index (κ3) is 4.26. The first-order valence-electron chi connectivity index (χ1n) is 4.81. The average Bonchev–Trinajstić information content (AvgIpc) is 2.15. The van der Waals surface area contributed by atoms with Gasteiger partial charge in [-0.05, 0) is 13.3 Å². The van der Waals surface area contributed by atoms with Gasteiger partial charge in [-0.1, -0.05) is 6.92 Å². The monoisotopic (exact) mass is 231 g/mol. The first-order valence-corrected chi connectivity index (χ1v) is 4.81. The maximum atomic E-state index is 11.5. The highest BCUT2D eigenvalue weighted by Crippen LogP contribution is 2.05. The summed E-state index contributed by atoms with van der Waals surface area (Å²) in [4.78, 5) is 32.9. The molecule has 0 saturated heterocycles. The molecule has 0 aromatic carbocycles. The standard InChI is InChI=1S/C9H17N3O4/c1-3-9(2,11)8(16)12-5(7(14)15)4-6(10)13/h5H,3-4,11H2,1-2H3,(H2,10,13)(H,12,16)(H,14,15)/t5-,9?/m0/s1. The second-order valence-corrected chi connectivity index (χ2v) is 3.81. The van der Waals surface area contributed by atoms with E-state index in [4.69, 9.17) is 16.6 Å². The van der Waals surface area contributed by atoms with E-state index < -0.39 is 35.8 Å². The lowest BCUT2D eigenvalue weighted by atomic mass is 9.98. The zero-order valence-electron chi connectivity index (χ0n) is 9.32. The molecule has 2 atom stereocenters. The summed E-state index contributed by atoms with van der Waals surface area (Å²) in [5.41, 5.74) is 9.32. The van der Waals surface area contributed by atoms with Gasteiger partial charge in [0.05, 0.1) is 12.0 Å². The largest absolute Gasteiger partial charge is 0.480 e. The molecular formula is C9H17N3O4. The van der Waals surface area contributed by atoms with Crippen LogP contribution in [0.3, 0.4) is 0 Å². The summed E-state index contributed by atoms with van der Waals surface area (Å²) in [6, 6.07) is -1.33. The highest BCUT2D eigenvalue weighted by Gasteiger charge is 2.30. The molecule has 0 rings (SSSR count). The van der Waals surface area contributed by atoms with E-state index in [0.717, 1.165) is 0 Å². The van der Waals surface area contributed by atoms with Gasteiger partial charge in [0.2, 0.25) is 11.8 Å². The Bertz CT molecular complexity index is 301. The van der Waals surface area contributed by atoms with Crippen LogP contribution in [0.15, 0.2) is 0 Å². The van der Waals surface area contributed by atoms with Gasteiger partial charge in [0.25, 0.3) is 0 Å². The van der Waals surface area contributed by atoms with Crippen LogP contribution in [0.4, 0.5) is 0 Å². The number of nitrogens with one attached hydrogen (secondary N) is 1. The molecule has 0 aromatic heterocycles. The number of carbonyl (C=O) groups excluding carboxylic acids is 2. The van der Waals surface area contributed by atoms with Crippen LogP contribution >= 0.6 is 0 Å². The molecule has 1 unspecified atom stereocenters. The average molecular weight is 231 g/mol. The van der Waals surface area contributed by atoms with Crippen LogP contribution in [0, 0.1) is 0 Å². The zero-order valence-corrected chi connectivity index (χ0v) is 9.32. The normalized spacial score (nSPS) is 15.9. The number of nitrogens with two attached hydrogens (primary N) is 2. The third-order valence-corrected chi connectivity index (χ3v) is 2.26. The van der Waals surface area contributed by atoms with Crippen LogP contribution in [0.1, 0.15) is 26.7 Å². The van der Waals surface area contributed by atoms with Gasteiger partial charge in [-0.25, -0.2) is 4.79 Å². The van der Waals surface area contributed by atoms with E-state index in [1.165, 1.54) is 6.92 Å². The van der Waals surface area contributed by atoms with Crippen molar-refractivity contribution in [3.05, 3.63) is 0 Å². The Morgan fingerprint density at radius 1 is 1.44 bits per heavy atom. The predicted octanol–water partition coefficient (Wildman–Crippen LogP) is -1.44. The summed E-state index contributed by atoms with van der Waals surface area (Å²) in [5.74, 6) is -2.74. The van der Waals surface area contributed by atoms with Crippen molar-refractivity contribution < 1.29 is 19.5 Å². The summed E-state index contributed by atoms with van der Waals surface area (Å²) in [7, 11) is 0. The Kier molecular flexibility index (Phi) is 4.90. The summed E-state index contributed by atoms with van der Waals surface area (Å²) in [5, 5.41) is 10.9. The number of hydrogen-bond acceptors (Lipinski definition) is 4. The Morgan fingerprint density at radius 2 is 1.94 bits per heavy atom. The summed E-state index contributed by atoms with van der Waals surface area (Å²) in [6.07, 6.45) is -0.109. The van der Waals surface area contributed by atoms with E-state index in [9.17, 15) is 14.4 Å². The molecule has 16 heavy (non-hydrogen) atoms. The molecule has 0 aliphatic rings. The minimum Gasteiger partial charge on any atom is -0.480 e. The van der Waals surface area contributed by atoms with Crippen molar-refractivity contribution in [2.45, 2.75) is 38.3 Å². The van der Waals surface area contributed by atoms with Crippen LogP contribution in [0.25, 0.3) is 0 Å². The number of amides is 2. The first-order chi connectivity index (χ1) is 7.20. The molecule has 92 valence electrons. The van der Waals surface area contributed by atoms with Crippen molar-refractivity contribution in [3.63, 3.8) is 0 Å². The molecule has 0 radical (unpaired) electrons. The quantitative estimate of drug-likeness (QED) is 0.444. The lowest BCUT2D eigenvalue weighted by molar-refractivity contribution is -0.144. The van der Waals surface area contributed by atoms with Crippen LogP contribution in [0.2, 0.25) is 0 Å². The molecule has 0 saturated carbocycles. The van der Waals surface area contributed by atoms with E-state index in [2.05, 4.69) is 5.32 Å². The number of carbonyl (C=O) groups is 3.